The second-order valence-electron chi connectivity index (χ2n) is 6.09. The molecule has 0 saturated carbocycles. The smallest absolute Gasteiger partial charge is 0.363 e. The van der Waals surface area contributed by atoms with E-state index in [4.69, 9.17) is 11.6 Å². The Labute approximate surface area is 149 Å². The molecular formula is C14H12ClF3N4O4. The van der Waals surface area contributed by atoms with Crippen LogP contribution in [0.3, 0.4) is 0 Å². The summed E-state index contributed by atoms with van der Waals surface area (Å²) in [7, 11) is 0. The number of urea groups is 1. The van der Waals surface area contributed by atoms with E-state index < -0.39 is 44.9 Å². The van der Waals surface area contributed by atoms with E-state index in [1.54, 1.807) is 0 Å². The van der Waals surface area contributed by atoms with Crippen LogP contribution in [0.5, 0.6) is 0 Å². The van der Waals surface area contributed by atoms with Gasteiger partial charge in [-0.15, -0.1) is 0 Å². The highest BCUT2D eigenvalue weighted by molar-refractivity contribution is 6.31. The number of imide groups is 1. The van der Waals surface area contributed by atoms with Gasteiger partial charge in [0.1, 0.15) is 11.2 Å². The zero-order valence-corrected chi connectivity index (χ0v) is 13.8. The minimum Gasteiger partial charge on any atom is -0.363 e. The first-order valence-electron chi connectivity index (χ1n) is 7.47. The number of nitrogens with zero attached hydrogens (tertiary/aromatic N) is 2. The maximum atomic E-state index is 13.0. The van der Waals surface area contributed by atoms with E-state index in [0.717, 1.165) is 6.07 Å². The molecule has 140 valence electrons. The van der Waals surface area contributed by atoms with Crippen LogP contribution in [0.25, 0.3) is 0 Å². The summed E-state index contributed by atoms with van der Waals surface area (Å²) in [6, 6.07) is 0.569. The minimum absolute atomic E-state index is 0.118. The molecule has 1 atom stereocenters. The monoisotopic (exact) mass is 392 g/mol. The van der Waals surface area contributed by atoms with E-state index in [2.05, 4.69) is 10.6 Å². The van der Waals surface area contributed by atoms with Crippen molar-refractivity contribution in [3.63, 3.8) is 0 Å². The first-order chi connectivity index (χ1) is 12.0. The lowest BCUT2D eigenvalue weighted by atomic mass is 9.88. The van der Waals surface area contributed by atoms with Crippen molar-refractivity contribution in [2.24, 2.45) is 0 Å². The van der Waals surface area contributed by atoms with Crippen molar-refractivity contribution in [2.45, 2.75) is 24.6 Å². The number of benzene rings is 1. The lowest BCUT2D eigenvalue weighted by molar-refractivity contribution is -0.384. The van der Waals surface area contributed by atoms with Crippen LogP contribution in [0.1, 0.15) is 18.4 Å². The van der Waals surface area contributed by atoms with Crippen LogP contribution in [0, 0.1) is 10.1 Å². The second kappa shape index (κ2) is 6.01. The predicted octanol–water partition coefficient (Wildman–Crippen LogP) is 2.45. The molecule has 3 amide bonds. The third kappa shape index (κ3) is 3.02. The standard InChI is InChI=1S/C14H12ClF3N4O4/c15-8-5-9(10(22(25)26)4-7(8)14(16,17)18)21-3-1-2-13(6-21)11(23)19-12(24)20-13/h4-5H,1-3,6H2,(H2,19,20,23,24). The lowest BCUT2D eigenvalue weighted by Gasteiger charge is -2.39. The fraction of sp³-hybridized carbons (Fsp3) is 0.429. The van der Waals surface area contributed by atoms with Crippen molar-refractivity contribution in [1.29, 1.82) is 0 Å². The number of nitrogens with one attached hydrogen (secondary N) is 2. The number of amides is 3. The first kappa shape index (κ1) is 18.2. The molecule has 2 aliphatic heterocycles. The summed E-state index contributed by atoms with van der Waals surface area (Å²) in [6.45, 7) is 0.139. The van der Waals surface area contributed by atoms with Crippen LogP contribution >= 0.6 is 11.6 Å². The van der Waals surface area contributed by atoms with Crippen LogP contribution in [0.15, 0.2) is 12.1 Å². The molecule has 1 aromatic rings. The van der Waals surface area contributed by atoms with Crippen molar-refractivity contribution in [3.8, 4) is 0 Å². The predicted molar refractivity (Wildman–Crippen MR) is 84.0 cm³/mol. The van der Waals surface area contributed by atoms with Gasteiger partial charge in [-0.2, -0.15) is 13.2 Å². The summed E-state index contributed by atoms with van der Waals surface area (Å²) in [5.74, 6) is -0.576. The molecule has 2 heterocycles. The molecule has 2 saturated heterocycles. The molecule has 3 rings (SSSR count). The molecule has 0 aromatic heterocycles. The topological polar surface area (TPSA) is 105 Å². The summed E-state index contributed by atoms with van der Waals surface area (Å²) in [4.78, 5) is 35.3. The van der Waals surface area contributed by atoms with Crippen LogP contribution in [0.2, 0.25) is 5.02 Å². The van der Waals surface area contributed by atoms with Crippen LogP contribution in [0.4, 0.5) is 29.3 Å². The van der Waals surface area contributed by atoms with E-state index in [9.17, 15) is 32.9 Å². The Morgan fingerprint density at radius 2 is 2.00 bits per heavy atom. The number of alkyl halides is 3. The normalized spacial score (nSPS) is 23.2. The van der Waals surface area contributed by atoms with Crippen molar-refractivity contribution in [3.05, 3.63) is 32.8 Å². The van der Waals surface area contributed by atoms with E-state index in [-0.39, 0.29) is 18.8 Å². The summed E-state index contributed by atoms with van der Waals surface area (Å²) in [5, 5.41) is 15.2. The minimum atomic E-state index is -4.84. The van der Waals surface area contributed by atoms with Crippen molar-refractivity contribution < 1.29 is 27.7 Å². The van der Waals surface area contributed by atoms with Gasteiger partial charge in [-0.05, 0) is 18.9 Å². The molecule has 26 heavy (non-hydrogen) atoms. The van der Waals surface area contributed by atoms with Gasteiger partial charge in [0.2, 0.25) is 0 Å². The highest BCUT2D eigenvalue weighted by Crippen LogP contribution is 2.42. The molecule has 8 nitrogen and oxygen atoms in total. The largest absolute Gasteiger partial charge is 0.418 e. The number of halogens is 4. The van der Waals surface area contributed by atoms with Gasteiger partial charge < -0.3 is 10.2 Å². The fourth-order valence-corrected chi connectivity index (χ4v) is 3.51. The Morgan fingerprint density at radius 3 is 2.54 bits per heavy atom. The quantitative estimate of drug-likeness (QED) is 0.457. The number of hydrogen-bond acceptors (Lipinski definition) is 5. The molecule has 1 aromatic carbocycles. The van der Waals surface area contributed by atoms with Gasteiger partial charge in [-0.25, -0.2) is 4.79 Å². The van der Waals surface area contributed by atoms with E-state index in [1.165, 1.54) is 4.90 Å². The molecule has 0 bridgehead atoms. The number of piperidine rings is 1. The maximum Gasteiger partial charge on any atom is 0.418 e. The van der Waals surface area contributed by atoms with E-state index >= 15 is 0 Å². The zero-order chi connectivity index (χ0) is 19.3. The van der Waals surface area contributed by atoms with Gasteiger partial charge in [0, 0.05) is 12.6 Å². The average molecular weight is 393 g/mol. The molecule has 12 heteroatoms. The summed E-state index contributed by atoms with van der Waals surface area (Å²) >= 11 is 5.69. The Kier molecular flexibility index (Phi) is 4.21. The molecule has 1 unspecified atom stereocenters. The number of carbonyl (C=O) groups is 2. The van der Waals surface area contributed by atoms with Crippen molar-refractivity contribution >= 4 is 34.9 Å². The second-order valence-corrected chi connectivity index (χ2v) is 6.50. The Hall–Kier alpha value is -2.56. The number of hydrogen-bond donors (Lipinski definition) is 2. The van der Waals surface area contributed by atoms with Crippen LogP contribution < -0.4 is 15.5 Å². The molecule has 2 fully saturated rings. The van der Waals surface area contributed by atoms with Crippen molar-refractivity contribution in [2.75, 3.05) is 18.0 Å². The summed E-state index contributed by atoms with van der Waals surface area (Å²) < 4.78 is 38.9. The van der Waals surface area contributed by atoms with Gasteiger partial charge >= 0.3 is 12.2 Å². The molecule has 2 N–H and O–H groups in total. The molecular weight excluding hydrogens is 381 g/mol. The molecule has 0 aliphatic carbocycles. The van der Waals surface area contributed by atoms with Gasteiger partial charge in [-0.3, -0.25) is 20.2 Å². The van der Waals surface area contributed by atoms with E-state index in [0.29, 0.717) is 18.9 Å². The zero-order valence-electron chi connectivity index (χ0n) is 13.0. The maximum absolute atomic E-state index is 13.0. The Bertz CT molecular complexity index is 816. The SMILES string of the molecule is O=C1NC(=O)C2(CCCN(c3cc(Cl)c(C(F)(F)F)cc3[N+](=O)[O-])C2)N1. The van der Waals surface area contributed by atoms with Crippen LogP contribution in [-0.2, 0) is 11.0 Å². The van der Waals surface area contributed by atoms with Gasteiger partial charge in [0.05, 0.1) is 22.1 Å². The van der Waals surface area contributed by atoms with E-state index in [1.807, 2.05) is 0 Å². The molecule has 0 radical (unpaired) electrons. The number of nitro benzene ring substituents is 1. The first-order valence-corrected chi connectivity index (χ1v) is 7.85. The number of rotatable bonds is 2. The number of anilines is 1. The Morgan fingerprint density at radius 1 is 1.31 bits per heavy atom. The number of carbonyl (C=O) groups excluding carboxylic acids is 2. The highest BCUT2D eigenvalue weighted by atomic mass is 35.5. The van der Waals surface area contributed by atoms with Crippen LogP contribution in [-0.4, -0.2) is 35.5 Å². The lowest BCUT2D eigenvalue weighted by Crippen LogP contribution is -2.58. The van der Waals surface area contributed by atoms with Gasteiger partial charge in [-0.1, -0.05) is 11.6 Å². The summed E-state index contributed by atoms with van der Waals surface area (Å²) in [6.07, 6.45) is -4.14. The van der Waals surface area contributed by atoms with Gasteiger partial charge in [0.15, 0.2) is 0 Å². The highest BCUT2D eigenvalue weighted by Gasteiger charge is 2.49. The fourth-order valence-electron chi connectivity index (χ4n) is 3.24. The molecule has 2 aliphatic rings. The third-order valence-corrected chi connectivity index (χ3v) is 4.73. The summed E-state index contributed by atoms with van der Waals surface area (Å²) in [5.41, 5.74) is -3.50. The third-order valence-electron chi connectivity index (χ3n) is 4.41. The average Bonchev–Trinajstić information content (AvgIpc) is 2.78. The van der Waals surface area contributed by atoms with Gasteiger partial charge in [0.25, 0.3) is 11.6 Å². The number of nitro groups is 1. The van der Waals surface area contributed by atoms with Crippen molar-refractivity contribution in [1.82, 2.24) is 10.6 Å². The molecule has 1 spiro atoms. The Balaban J connectivity index is 2.03.